The molecule has 1 saturated carbocycles. The minimum absolute atomic E-state index is 0.548. The van der Waals surface area contributed by atoms with Crippen molar-refractivity contribution in [2.45, 2.75) is 32.2 Å². The van der Waals surface area contributed by atoms with Gasteiger partial charge in [-0.1, -0.05) is 12.8 Å². The first kappa shape index (κ1) is 10.3. The SMILES string of the molecule is CNc1cncc(NC(C)CC2CC2)c1. The van der Waals surface area contributed by atoms with Crippen LogP contribution in [0.3, 0.4) is 0 Å². The largest absolute Gasteiger partial charge is 0.387 e. The molecule has 0 aromatic carbocycles. The van der Waals surface area contributed by atoms with E-state index in [1.165, 1.54) is 19.3 Å². The summed E-state index contributed by atoms with van der Waals surface area (Å²) in [5.41, 5.74) is 2.16. The molecule has 15 heavy (non-hydrogen) atoms. The molecule has 1 aliphatic carbocycles. The molecule has 1 atom stereocenters. The average molecular weight is 205 g/mol. The lowest BCUT2D eigenvalue weighted by atomic mass is 10.1. The summed E-state index contributed by atoms with van der Waals surface area (Å²) in [5.74, 6) is 0.966. The van der Waals surface area contributed by atoms with E-state index >= 15 is 0 Å². The molecule has 3 nitrogen and oxygen atoms in total. The fourth-order valence-electron chi connectivity index (χ4n) is 1.85. The summed E-state index contributed by atoms with van der Waals surface area (Å²) in [6.07, 6.45) is 7.83. The second-order valence-corrected chi connectivity index (χ2v) is 4.44. The van der Waals surface area contributed by atoms with Gasteiger partial charge in [-0.2, -0.15) is 0 Å². The molecule has 1 fully saturated rings. The summed E-state index contributed by atoms with van der Waals surface area (Å²) < 4.78 is 0. The van der Waals surface area contributed by atoms with Crippen molar-refractivity contribution in [2.75, 3.05) is 17.7 Å². The Hall–Kier alpha value is -1.25. The Kier molecular flexibility index (Phi) is 3.09. The Morgan fingerprint density at radius 2 is 2.13 bits per heavy atom. The highest BCUT2D eigenvalue weighted by Crippen LogP contribution is 2.34. The van der Waals surface area contributed by atoms with Crippen LogP contribution in [0.15, 0.2) is 18.5 Å². The van der Waals surface area contributed by atoms with Crippen LogP contribution in [0, 0.1) is 5.92 Å². The normalized spacial score (nSPS) is 17.2. The highest BCUT2D eigenvalue weighted by atomic mass is 14.9. The predicted octanol–water partition coefficient (Wildman–Crippen LogP) is 2.72. The molecular weight excluding hydrogens is 186 g/mol. The molecule has 2 rings (SSSR count). The summed E-state index contributed by atoms with van der Waals surface area (Å²) in [7, 11) is 1.91. The van der Waals surface area contributed by atoms with Crippen molar-refractivity contribution < 1.29 is 0 Å². The summed E-state index contributed by atoms with van der Waals surface area (Å²) in [6.45, 7) is 2.24. The van der Waals surface area contributed by atoms with Gasteiger partial charge in [0.15, 0.2) is 0 Å². The van der Waals surface area contributed by atoms with E-state index in [0.717, 1.165) is 17.3 Å². The Bertz CT molecular complexity index is 320. The molecule has 1 unspecified atom stereocenters. The number of hydrogen-bond acceptors (Lipinski definition) is 3. The maximum Gasteiger partial charge on any atom is 0.0549 e. The predicted molar refractivity (Wildman–Crippen MR) is 64.2 cm³/mol. The third kappa shape index (κ3) is 3.11. The number of nitrogens with one attached hydrogen (secondary N) is 2. The van der Waals surface area contributed by atoms with Crippen LogP contribution in [0.25, 0.3) is 0 Å². The summed E-state index contributed by atoms with van der Waals surface area (Å²) >= 11 is 0. The molecule has 1 aromatic heterocycles. The first-order valence-corrected chi connectivity index (χ1v) is 5.67. The molecule has 0 spiro atoms. The van der Waals surface area contributed by atoms with Crippen LogP contribution < -0.4 is 10.6 Å². The van der Waals surface area contributed by atoms with Crippen LogP contribution in [0.2, 0.25) is 0 Å². The Balaban J connectivity index is 1.90. The topological polar surface area (TPSA) is 37.0 Å². The number of nitrogens with zero attached hydrogens (tertiary/aromatic N) is 1. The lowest BCUT2D eigenvalue weighted by Crippen LogP contribution is -2.15. The first-order chi connectivity index (χ1) is 7.28. The van der Waals surface area contributed by atoms with Gasteiger partial charge in [0.2, 0.25) is 0 Å². The summed E-state index contributed by atoms with van der Waals surface area (Å²) in [4.78, 5) is 4.18. The third-order valence-corrected chi connectivity index (χ3v) is 2.82. The molecule has 1 aliphatic rings. The molecule has 1 aromatic rings. The monoisotopic (exact) mass is 205 g/mol. The van der Waals surface area contributed by atoms with Gasteiger partial charge in [-0.05, 0) is 25.3 Å². The highest BCUT2D eigenvalue weighted by molar-refractivity contribution is 5.53. The van der Waals surface area contributed by atoms with Crippen LogP contribution in [0.1, 0.15) is 26.2 Å². The molecular formula is C12H19N3. The number of anilines is 2. The van der Waals surface area contributed by atoms with E-state index in [1.807, 2.05) is 19.4 Å². The Morgan fingerprint density at radius 3 is 2.80 bits per heavy atom. The average Bonchev–Trinajstić information content (AvgIpc) is 3.02. The van der Waals surface area contributed by atoms with Crippen molar-refractivity contribution in [3.8, 4) is 0 Å². The van der Waals surface area contributed by atoms with E-state index in [4.69, 9.17) is 0 Å². The summed E-state index contributed by atoms with van der Waals surface area (Å²) in [6, 6.07) is 2.64. The fraction of sp³-hybridized carbons (Fsp3) is 0.583. The van der Waals surface area contributed by atoms with E-state index < -0.39 is 0 Å². The quantitative estimate of drug-likeness (QED) is 0.776. The fourth-order valence-corrected chi connectivity index (χ4v) is 1.85. The number of pyridine rings is 1. The van der Waals surface area contributed by atoms with Crippen molar-refractivity contribution in [3.63, 3.8) is 0 Å². The van der Waals surface area contributed by atoms with Gasteiger partial charge in [0.1, 0.15) is 0 Å². The summed E-state index contributed by atoms with van der Waals surface area (Å²) in [5, 5.41) is 6.58. The van der Waals surface area contributed by atoms with Crippen molar-refractivity contribution in [3.05, 3.63) is 18.5 Å². The Labute approximate surface area is 91.3 Å². The minimum atomic E-state index is 0.548. The van der Waals surface area contributed by atoms with Crippen LogP contribution in [0.5, 0.6) is 0 Å². The van der Waals surface area contributed by atoms with Gasteiger partial charge in [0, 0.05) is 13.1 Å². The third-order valence-electron chi connectivity index (χ3n) is 2.82. The first-order valence-electron chi connectivity index (χ1n) is 5.67. The van der Waals surface area contributed by atoms with Crippen molar-refractivity contribution >= 4 is 11.4 Å². The van der Waals surface area contributed by atoms with E-state index in [1.54, 1.807) is 0 Å². The van der Waals surface area contributed by atoms with Gasteiger partial charge in [-0.15, -0.1) is 0 Å². The van der Waals surface area contributed by atoms with Crippen LogP contribution in [0.4, 0.5) is 11.4 Å². The number of aromatic nitrogens is 1. The van der Waals surface area contributed by atoms with Gasteiger partial charge >= 0.3 is 0 Å². The van der Waals surface area contributed by atoms with E-state index in [-0.39, 0.29) is 0 Å². The maximum atomic E-state index is 4.18. The standard InChI is InChI=1S/C12H19N3/c1-9(5-10-3-4-10)15-12-6-11(13-2)7-14-8-12/h6-10,13,15H,3-5H2,1-2H3. The van der Waals surface area contributed by atoms with Gasteiger partial charge in [-0.3, -0.25) is 4.98 Å². The molecule has 0 bridgehead atoms. The molecule has 3 heteroatoms. The zero-order chi connectivity index (χ0) is 10.7. The zero-order valence-electron chi connectivity index (χ0n) is 9.46. The number of rotatable bonds is 5. The lowest BCUT2D eigenvalue weighted by Gasteiger charge is -2.15. The highest BCUT2D eigenvalue weighted by Gasteiger charge is 2.23. The van der Waals surface area contributed by atoms with E-state index in [0.29, 0.717) is 6.04 Å². The Morgan fingerprint density at radius 1 is 1.40 bits per heavy atom. The van der Waals surface area contributed by atoms with Crippen molar-refractivity contribution in [2.24, 2.45) is 5.92 Å². The molecule has 0 radical (unpaired) electrons. The van der Waals surface area contributed by atoms with Gasteiger partial charge in [0.05, 0.1) is 23.8 Å². The minimum Gasteiger partial charge on any atom is -0.387 e. The molecule has 0 saturated heterocycles. The molecule has 1 heterocycles. The van der Waals surface area contributed by atoms with Crippen LogP contribution in [-0.4, -0.2) is 18.1 Å². The van der Waals surface area contributed by atoms with E-state index in [2.05, 4.69) is 28.6 Å². The van der Waals surface area contributed by atoms with Crippen molar-refractivity contribution in [1.29, 1.82) is 0 Å². The lowest BCUT2D eigenvalue weighted by molar-refractivity contribution is 0.642. The van der Waals surface area contributed by atoms with Crippen LogP contribution in [-0.2, 0) is 0 Å². The van der Waals surface area contributed by atoms with Crippen LogP contribution >= 0.6 is 0 Å². The molecule has 0 amide bonds. The molecule has 82 valence electrons. The second-order valence-electron chi connectivity index (χ2n) is 4.44. The smallest absolute Gasteiger partial charge is 0.0549 e. The van der Waals surface area contributed by atoms with Crippen molar-refractivity contribution in [1.82, 2.24) is 4.98 Å². The molecule has 2 N–H and O–H groups in total. The molecule has 0 aliphatic heterocycles. The maximum absolute atomic E-state index is 4.18. The van der Waals surface area contributed by atoms with Gasteiger partial charge in [-0.25, -0.2) is 0 Å². The zero-order valence-corrected chi connectivity index (χ0v) is 9.46. The van der Waals surface area contributed by atoms with Gasteiger partial charge < -0.3 is 10.6 Å². The second kappa shape index (κ2) is 4.51. The number of hydrogen-bond donors (Lipinski definition) is 2. The van der Waals surface area contributed by atoms with E-state index in [9.17, 15) is 0 Å². The van der Waals surface area contributed by atoms with Gasteiger partial charge in [0.25, 0.3) is 0 Å².